The highest BCUT2D eigenvalue weighted by Crippen LogP contribution is 2.30. The van der Waals surface area contributed by atoms with Gasteiger partial charge in [-0.3, -0.25) is 9.59 Å². The lowest BCUT2D eigenvalue weighted by atomic mass is 9.92. The van der Waals surface area contributed by atoms with Crippen molar-refractivity contribution in [2.24, 2.45) is 10.9 Å². The normalized spacial score (nSPS) is 19.1. The lowest BCUT2D eigenvalue weighted by Crippen LogP contribution is -2.29. The lowest BCUT2D eigenvalue weighted by Gasteiger charge is -2.12. The van der Waals surface area contributed by atoms with Crippen LogP contribution in [0.4, 0.5) is 11.5 Å². The summed E-state index contributed by atoms with van der Waals surface area (Å²) in [6, 6.07) is 5.70. The molecule has 1 unspecified atom stereocenters. The number of aliphatic imine (C=N–C) groups is 1. The lowest BCUT2D eigenvalue weighted by molar-refractivity contribution is -0.126. The number of hydrogen-bond acceptors (Lipinski definition) is 6. The first-order valence-corrected chi connectivity index (χ1v) is 8.68. The third kappa shape index (κ3) is 3.72. The SMILES string of the molecule is CC1C(=O)C=CC(=Nc2c(NCCCN(C)C)nn3ccccc23)C1=O. The molecule has 0 bridgehead atoms. The zero-order chi connectivity index (χ0) is 18.7. The molecule has 2 heterocycles. The first-order valence-electron chi connectivity index (χ1n) is 8.68. The van der Waals surface area contributed by atoms with Crippen molar-refractivity contribution >= 4 is 34.3 Å². The summed E-state index contributed by atoms with van der Waals surface area (Å²) < 4.78 is 1.74. The monoisotopic (exact) mass is 353 g/mol. The zero-order valence-electron chi connectivity index (χ0n) is 15.3. The van der Waals surface area contributed by atoms with E-state index < -0.39 is 5.92 Å². The van der Waals surface area contributed by atoms with E-state index >= 15 is 0 Å². The minimum Gasteiger partial charge on any atom is -0.367 e. The fourth-order valence-corrected chi connectivity index (χ4v) is 2.77. The second-order valence-electron chi connectivity index (χ2n) is 6.63. The summed E-state index contributed by atoms with van der Waals surface area (Å²) >= 11 is 0. The van der Waals surface area contributed by atoms with Gasteiger partial charge in [-0.1, -0.05) is 6.07 Å². The Balaban J connectivity index is 1.94. The number of hydrogen-bond donors (Lipinski definition) is 1. The largest absolute Gasteiger partial charge is 0.367 e. The van der Waals surface area contributed by atoms with Gasteiger partial charge in [0.2, 0.25) is 0 Å². The number of nitrogens with zero attached hydrogens (tertiary/aromatic N) is 4. The Morgan fingerprint density at radius 1 is 1.27 bits per heavy atom. The van der Waals surface area contributed by atoms with Gasteiger partial charge >= 0.3 is 0 Å². The molecule has 2 aromatic rings. The van der Waals surface area contributed by atoms with E-state index in [9.17, 15) is 9.59 Å². The number of pyridine rings is 1. The van der Waals surface area contributed by atoms with Crippen molar-refractivity contribution in [3.05, 3.63) is 36.5 Å². The number of rotatable bonds is 6. The summed E-state index contributed by atoms with van der Waals surface area (Å²) in [7, 11) is 4.07. The topological polar surface area (TPSA) is 79.1 Å². The molecule has 2 aromatic heterocycles. The van der Waals surface area contributed by atoms with E-state index in [1.54, 1.807) is 11.4 Å². The van der Waals surface area contributed by atoms with Crippen molar-refractivity contribution in [1.29, 1.82) is 0 Å². The molecule has 1 aliphatic rings. The fraction of sp³-hybridized carbons (Fsp3) is 0.368. The predicted octanol–water partition coefficient (Wildman–Crippen LogP) is 2.11. The third-order valence-corrected chi connectivity index (χ3v) is 4.30. The minimum absolute atomic E-state index is 0.184. The van der Waals surface area contributed by atoms with E-state index in [0.29, 0.717) is 11.5 Å². The molecule has 7 nitrogen and oxygen atoms in total. The van der Waals surface area contributed by atoms with Crippen LogP contribution in [0, 0.1) is 5.92 Å². The van der Waals surface area contributed by atoms with Gasteiger partial charge in [-0.2, -0.15) is 0 Å². The highest BCUT2D eigenvalue weighted by Gasteiger charge is 2.27. The van der Waals surface area contributed by atoms with Crippen LogP contribution in [0.1, 0.15) is 13.3 Å². The third-order valence-electron chi connectivity index (χ3n) is 4.30. The average molecular weight is 353 g/mol. The van der Waals surface area contributed by atoms with Gasteiger partial charge in [0, 0.05) is 12.7 Å². The fourth-order valence-electron chi connectivity index (χ4n) is 2.77. The highest BCUT2D eigenvalue weighted by atomic mass is 16.2. The molecule has 0 saturated carbocycles. The van der Waals surface area contributed by atoms with Crippen LogP contribution in [0.2, 0.25) is 0 Å². The van der Waals surface area contributed by atoms with Crippen molar-refractivity contribution in [2.45, 2.75) is 13.3 Å². The molecule has 26 heavy (non-hydrogen) atoms. The molecule has 0 aromatic carbocycles. The van der Waals surface area contributed by atoms with Gasteiger partial charge in [-0.15, -0.1) is 5.10 Å². The van der Waals surface area contributed by atoms with Gasteiger partial charge in [0.05, 0.1) is 11.4 Å². The molecule has 0 saturated heterocycles. The zero-order valence-corrected chi connectivity index (χ0v) is 15.3. The van der Waals surface area contributed by atoms with Crippen molar-refractivity contribution in [3.63, 3.8) is 0 Å². The summed E-state index contributed by atoms with van der Waals surface area (Å²) in [6.07, 6.45) is 5.71. The minimum atomic E-state index is -0.683. The molecular formula is C19H23N5O2. The Morgan fingerprint density at radius 2 is 2.08 bits per heavy atom. The molecule has 1 N–H and O–H groups in total. The van der Waals surface area contributed by atoms with Crippen LogP contribution in [0.15, 0.2) is 41.5 Å². The number of carbonyl (C=O) groups is 2. The van der Waals surface area contributed by atoms with E-state index in [-0.39, 0.29) is 17.3 Å². The number of allylic oxidation sites excluding steroid dienone is 2. The maximum absolute atomic E-state index is 12.4. The van der Waals surface area contributed by atoms with Crippen LogP contribution in [-0.2, 0) is 9.59 Å². The van der Waals surface area contributed by atoms with Crippen molar-refractivity contribution in [1.82, 2.24) is 14.5 Å². The van der Waals surface area contributed by atoms with E-state index in [0.717, 1.165) is 25.0 Å². The molecule has 0 radical (unpaired) electrons. The van der Waals surface area contributed by atoms with Crippen molar-refractivity contribution in [2.75, 3.05) is 32.5 Å². The Labute approximate surface area is 152 Å². The standard InChI is InChI=1S/C19H23N5O2/c1-13-16(25)9-8-14(18(13)26)21-17-15-7-4-5-12-24(15)22-19(17)20-10-6-11-23(2)3/h4-5,7-9,12-13H,6,10-11H2,1-3H3,(H,20,22). The molecule has 0 amide bonds. The number of fused-ring (bicyclic) bond motifs is 1. The molecule has 0 spiro atoms. The summed E-state index contributed by atoms with van der Waals surface area (Å²) in [5.74, 6) is -0.493. The second kappa shape index (κ2) is 7.61. The number of aromatic nitrogens is 2. The maximum atomic E-state index is 12.4. The van der Waals surface area contributed by atoms with Crippen LogP contribution < -0.4 is 5.32 Å². The Bertz CT molecular complexity index is 894. The molecule has 136 valence electrons. The van der Waals surface area contributed by atoms with E-state index in [1.807, 2.05) is 38.5 Å². The molecule has 1 atom stereocenters. The molecular weight excluding hydrogens is 330 g/mol. The average Bonchev–Trinajstić information content (AvgIpc) is 2.96. The van der Waals surface area contributed by atoms with E-state index in [4.69, 9.17) is 0 Å². The molecule has 7 heteroatoms. The Morgan fingerprint density at radius 3 is 2.85 bits per heavy atom. The van der Waals surface area contributed by atoms with Crippen LogP contribution in [-0.4, -0.2) is 59.0 Å². The number of anilines is 1. The Hall–Kier alpha value is -2.80. The summed E-state index contributed by atoms with van der Waals surface area (Å²) in [6.45, 7) is 3.32. The molecule has 1 aliphatic carbocycles. The predicted molar refractivity (Wildman–Crippen MR) is 102 cm³/mol. The number of ketones is 2. The smallest absolute Gasteiger partial charge is 0.191 e. The highest BCUT2D eigenvalue weighted by molar-refractivity contribution is 6.50. The van der Waals surface area contributed by atoms with Crippen LogP contribution in [0.5, 0.6) is 0 Å². The second-order valence-corrected chi connectivity index (χ2v) is 6.63. The molecule has 0 aliphatic heterocycles. The van der Waals surface area contributed by atoms with Gasteiger partial charge in [0.25, 0.3) is 0 Å². The number of Topliss-reactive ketones (excluding diaryl/α,β-unsaturated/α-hetero) is 1. The maximum Gasteiger partial charge on any atom is 0.191 e. The number of nitrogens with one attached hydrogen (secondary N) is 1. The summed E-state index contributed by atoms with van der Waals surface area (Å²) in [5, 5.41) is 7.85. The van der Waals surface area contributed by atoms with Gasteiger partial charge in [0.1, 0.15) is 11.4 Å². The van der Waals surface area contributed by atoms with Crippen LogP contribution >= 0.6 is 0 Å². The van der Waals surface area contributed by atoms with E-state index in [2.05, 4.69) is 20.3 Å². The summed E-state index contributed by atoms with van der Waals surface area (Å²) in [5.41, 5.74) is 1.71. The number of carbonyl (C=O) groups excluding carboxylic acids is 2. The first-order chi connectivity index (χ1) is 12.5. The quantitative estimate of drug-likeness (QED) is 0.636. The molecule has 3 rings (SSSR count). The van der Waals surface area contributed by atoms with Crippen molar-refractivity contribution in [3.8, 4) is 0 Å². The van der Waals surface area contributed by atoms with Crippen LogP contribution in [0.3, 0.4) is 0 Å². The van der Waals surface area contributed by atoms with Gasteiger partial charge in [-0.05, 0) is 58.3 Å². The van der Waals surface area contributed by atoms with E-state index in [1.165, 1.54) is 12.2 Å². The Kier molecular flexibility index (Phi) is 5.27. The molecule has 0 fully saturated rings. The summed E-state index contributed by atoms with van der Waals surface area (Å²) in [4.78, 5) is 30.7. The van der Waals surface area contributed by atoms with Gasteiger partial charge in [-0.25, -0.2) is 9.51 Å². The van der Waals surface area contributed by atoms with Crippen LogP contribution in [0.25, 0.3) is 5.52 Å². The van der Waals surface area contributed by atoms with Crippen molar-refractivity contribution < 1.29 is 9.59 Å². The van der Waals surface area contributed by atoms with Gasteiger partial charge in [0.15, 0.2) is 17.4 Å². The van der Waals surface area contributed by atoms with Gasteiger partial charge < -0.3 is 10.2 Å². The first kappa shape index (κ1) is 18.0.